The van der Waals surface area contributed by atoms with E-state index in [1.165, 1.54) is 24.0 Å². The lowest BCUT2D eigenvalue weighted by atomic mass is 10.1. The summed E-state index contributed by atoms with van der Waals surface area (Å²) < 4.78 is 19.7. The van der Waals surface area contributed by atoms with Crippen molar-refractivity contribution in [3.8, 4) is 22.8 Å². The second kappa shape index (κ2) is 7.13. The lowest BCUT2D eigenvalue weighted by Gasteiger charge is -2.07. The van der Waals surface area contributed by atoms with Gasteiger partial charge in [0.1, 0.15) is 5.82 Å². The topological polar surface area (TPSA) is 67.5 Å². The summed E-state index contributed by atoms with van der Waals surface area (Å²) in [7, 11) is 0. The summed E-state index contributed by atoms with van der Waals surface area (Å²) in [6.07, 6.45) is 1.46. The van der Waals surface area contributed by atoms with Crippen LogP contribution in [-0.2, 0) is 0 Å². The van der Waals surface area contributed by atoms with E-state index in [9.17, 15) is 9.18 Å². The van der Waals surface area contributed by atoms with Gasteiger partial charge in [0.25, 0.3) is 5.91 Å². The highest BCUT2D eigenvalue weighted by Gasteiger charge is 2.19. The van der Waals surface area contributed by atoms with Gasteiger partial charge in [-0.15, -0.1) is 0 Å². The molecule has 7 heteroatoms. The highest BCUT2D eigenvalue weighted by molar-refractivity contribution is 8.14. The third kappa shape index (κ3) is 3.25. The van der Waals surface area contributed by atoms with Crippen LogP contribution in [-0.4, -0.2) is 28.4 Å². The Morgan fingerprint density at radius 2 is 1.88 bits per heavy atom. The molecule has 26 heavy (non-hydrogen) atoms. The molecule has 0 fully saturated rings. The van der Waals surface area contributed by atoms with E-state index in [1.54, 1.807) is 42.5 Å². The van der Waals surface area contributed by atoms with Crippen LogP contribution in [0.1, 0.15) is 10.4 Å². The molecule has 2 heterocycles. The van der Waals surface area contributed by atoms with Crippen molar-refractivity contribution in [1.29, 1.82) is 0 Å². The number of carbonyl (C=O) groups excluding carboxylic acids is 1. The average molecular weight is 367 g/mol. The van der Waals surface area contributed by atoms with Gasteiger partial charge < -0.3 is 9.73 Å². The molecule has 0 unspecified atom stereocenters. The minimum absolute atomic E-state index is 0.259. The molecule has 0 spiro atoms. The van der Waals surface area contributed by atoms with Gasteiger partial charge >= 0.3 is 0 Å². The molecule has 130 valence electrons. The largest absolute Gasteiger partial charge is 0.436 e. The summed E-state index contributed by atoms with van der Waals surface area (Å²) in [5, 5.41) is 3.41. The molecule has 1 aliphatic heterocycles. The summed E-state index contributed by atoms with van der Waals surface area (Å²) in [6, 6.07) is 13.3. The maximum atomic E-state index is 14.0. The predicted molar refractivity (Wildman–Crippen MR) is 99.6 cm³/mol. The molecule has 0 bridgehead atoms. The smallest absolute Gasteiger partial charge is 0.258 e. The van der Waals surface area contributed by atoms with Crippen LogP contribution in [0.4, 0.5) is 4.39 Å². The molecule has 0 atom stereocenters. The number of halogens is 1. The number of hydrogen-bond donors (Lipinski definition) is 1. The minimum atomic E-state index is -0.391. The quantitative estimate of drug-likeness (QED) is 0.760. The number of aromatic nitrogens is 1. The Balaban J connectivity index is 1.67. The number of carbonyl (C=O) groups is 1. The van der Waals surface area contributed by atoms with E-state index < -0.39 is 5.82 Å². The maximum Gasteiger partial charge on any atom is 0.258 e. The second-order valence-corrected chi connectivity index (χ2v) is 6.63. The lowest BCUT2D eigenvalue weighted by Crippen LogP contribution is -2.27. The van der Waals surface area contributed by atoms with E-state index >= 15 is 0 Å². The number of aliphatic imine (C=N–C) groups is 1. The zero-order chi connectivity index (χ0) is 17.9. The fraction of sp³-hybridized carbons (Fsp3) is 0.105. The van der Waals surface area contributed by atoms with Crippen LogP contribution in [0.15, 0.2) is 64.1 Å². The molecule has 0 radical (unpaired) electrons. The Bertz CT molecular complexity index is 1000. The van der Waals surface area contributed by atoms with E-state index in [1.807, 2.05) is 0 Å². The molecule has 5 nitrogen and oxygen atoms in total. The highest BCUT2D eigenvalue weighted by atomic mass is 32.2. The Labute approximate surface area is 153 Å². The predicted octanol–water partition coefficient (Wildman–Crippen LogP) is 3.98. The van der Waals surface area contributed by atoms with Crippen LogP contribution in [0.5, 0.6) is 0 Å². The molecule has 3 aromatic rings. The number of nitrogens with zero attached hydrogens (tertiary/aromatic N) is 2. The fourth-order valence-electron chi connectivity index (χ4n) is 2.63. The van der Waals surface area contributed by atoms with E-state index in [0.29, 0.717) is 34.2 Å². The second-order valence-electron chi connectivity index (χ2n) is 5.54. The molecule has 1 aromatic heterocycles. The average Bonchev–Trinajstić information content (AvgIpc) is 3.34. The minimum Gasteiger partial charge on any atom is -0.436 e. The number of rotatable bonds is 3. The van der Waals surface area contributed by atoms with Gasteiger partial charge in [-0.25, -0.2) is 9.37 Å². The van der Waals surface area contributed by atoms with Crippen molar-refractivity contribution in [3.05, 3.63) is 66.1 Å². The number of thioether (sulfide) groups is 1. The first-order chi connectivity index (χ1) is 12.7. The monoisotopic (exact) mass is 367 g/mol. The van der Waals surface area contributed by atoms with Gasteiger partial charge in [0.2, 0.25) is 5.89 Å². The lowest BCUT2D eigenvalue weighted by molar-refractivity contribution is 0.0978. The third-order valence-electron chi connectivity index (χ3n) is 3.85. The number of oxazole rings is 1. The first-order valence-electron chi connectivity index (χ1n) is 8.01. The van der Waals surface area contributed by atoms with Crippen molar-refractivity contribution in [2.45, 2.75) is 0 Å². The van der Waals surface area contributed by atoms with Crippen molar-refractivity contribution in [2.75, 3.05) is 12.3 Å². The fourth-order valence-corrected chi connectivity index (χ4v) is 3.35. The van der Waals surface area contributed by atoms with Crippen molar-refractivity contribution < 1.29 is 13.6 Å². The van der Waals surface area contributed by atoms with Crippen LogP contribution in [0.3, 0.4) is 0 Å². The van der Waals surface area contributed by atoms with Crippen LogP contribution >= 0.6 is 11.8 Å². The Kier molecular flexibility index (Phi) is 4.53. The maximum absolute atomic E-state index is 14.0. The summed E-state index contributed by atoms with van der Waals surface area (Å²) in [5.74, 6) is 0.763. The molecule has 2 aromatic carbocycles. The zero-order valence-electron chi connectivity index (χ0n) is 13.6. The Morgan fingerprint density at radius 1 is 1.12 bits per heavy atom. The number of nitrogens with one attached hydrogen (secondary N) is 1. The number of benzene rings is 2. The van der Waals surface area contributed by atoms with E-state index in [0.717, 1.165) is 5.75 Å². The van der Waals surface area contributed by atoms with Gasteiger partial charge in [-0.2, -0.15) is 0 Å². The zero-order valence-corrected chi connectivity index (χ0v) is 14.4. The first kappa shape index (κ1) is 16.5. The van der Waals surface area contributed by atoms with Crippen molar-refractivity contribution in [3.63, 3.8) is 0 Å². The number of amidine groups is 1. The first-order valence-corrected chi connectivity index (χ1v) is 8.99. The van der Waals surface area contributed by atoms with Crippen LogP contribution in [0.25, 0.3) is 22.8 Å². The van der Waals surface area contributed by atoms with E-state index in [2.05, 4.69) is 15.3 Å². The van der Waals surface area contributed by atoms with Gasteiger partial charge in [-0.1, -0.05) is 36.0 Å². The molecular formula is C19H14FN3O2S. The van der Waals surface area contributed by atoms with Crippen LogP contribution in [0.2, 0.25) is 0 Å². The Morgan fingerprint density at radius 3 is 2.65 bits per heavy atom. The summed E-state index contributed by atoms with van der Waals surface area (Å²) >= 11 is 1.51. The normalized spacial score (nSPS) is 13.5. The molecule has 4 rings (SSSR count). The van der Waals surface area contributed by atoms with Crippen LogP contribution in [0, 0.1) is 5.82 Å². The van der Waals surface area contributed by atoms with Gasteiger partial charge in [0, 0.05) is 11.3 Å². The molecule has 0 aliphatic carbocycles. The van der Waals surface area contributed by atoms with Gasteiger partial charge in [0.15, 0.2) is 10.9 Å². The SMILES string of the molecule is O=C(NC1=NCCS1)c1ccccc1-c1ncc(-c2ccccc2F)o1. The Hall–Kier alpha value is -2.93. The molecule has 0 saturated heterocycles. The molecule has 0 saturated carbocycles. The van der Waals surface area contributed by atoms with Crippen molar-refractivity contribution in [1.82, 2.24) is 10.3 Å². The van der Waals surface area contributed by atoms with Crippen LogP contribution < -0.4 is 5.32 Å². The standard InChI is InChI=1S/C19H14FN3O2S/c20-15-8-4-3-7-14(15)16-11-22-18(25-16)13-6-2-1-5-12(13)17(24)23-19-21-9-10-26-19/h1-8,11H,9-10H2,(H,21,23,24). The highest BCUT2D eigenvalue weighted by Crippen LogP contribution is 2.29. The van der Waals surface area contributed by atoms with Crippen molar-refractivity contribution in [2.24, 2.45) is 4.99 Å². The molecule has 1 aliphatic rings. The summed E-state index contributed by atoms with van der Waals surface area (Å²) in [4.78, 5) is 21.0. The molecule has 1 N–H and O–H groups in total. The van der Waals surface area contributed by atoms with E-state index in [-0.39, 0.29) is 11.8 Å². The third-order valence-corrected chi connectivity index (χ3v) is 4.74. The summed E-state index contributed by atoms with van der Waals surface area (Å²) in [6.45, 7) is 0.702. The van der Waals surface area contributed by atoms with Gasteiger partial charge in [-0.05, 0) is 24.3 Å². The van der Waals surface area contributed by atoms with Crippen molar-refractivity contribution >= 4 is 22.8 Å². The van der Waals surface area contributed by atoms with Gasteiger partial charge in [0.05, 0.1) is 23.9 Å². The van der Waals surface area contributed by atoms with E-state index in [4.69, 9.17) is 4.42 Å². The summed E-state index contributed by atoms with van der Waals surface area (Å²) in [5.41, 5.74) is 1.28. The molecular weight excluding hydrogens is 353 g/mol. The molecule has 1 amide bonds. The number of amides is 1. The number of hydrogen-bond acceptors (Lipinski definition) is 5. The van der Waals surface area contributed by atoms with Gasteiger partial charge in [-0.3, -0.25) is 9.79 Å².